The van der Waals surface area contributed by atoms with Crippen LogP contribution in [0, 0.1) is 0 Å². The van der Waals surface area contributed by atoms with Gasteiger partial charge in [0.05, 0.1) is 11.1 Å². The van der Waals surface area contributed by atoms with E-state index in [0.717, 1.165) is 10.9 Å². The first-order valence-corrected chi connectivity index (χ1v) is 6.30. The summed E-state index contributed by atoms with van der Waals surface area (Å²) in [5.41, 5.74) is 2.69. The van der Waals surface area contributed by atoms with Crippen molar-refractivity contribution in [3.05, 3.63) is 48.0 Å². The number of nitrogens with zero attached hydrogens (tertiary/aromatic N) is 2. The van der Waals surface area contributed by atoms with Gasteiger partial charge in [-0.05, 0) is 24.3 Å². The standard InChI is InChI=1S/C15H9N3O3/c19-15(20)8-5-6-11-12(7-8)21-14(16-11)13-9-3-1-2-4-10(9)17-18-13/h1-7H,(H,17,18)(H,19,20). The Balaban J connectivity index is 1.92. The average Bonchev–Trinajstić information content (AvgIpc) is 3.09. The topological polar surface area (TPSA) is 92.0 Å². The number of hydrogen-bond acceptors (Lipinski definition) is 4. The molecule has 102 valence electrons. The molecular weight excluding hydrogens is 270 g/mol. The minimum absolute atomic E-state index is 0.164. The molecule has 0 aliphatic heterocycles. The van der Waals surface area contributed by atoms with E-state index in [1.54, 1.807) is 6.07 Å². The fourth-order valence-corrected chi connectivity index (χ4v) is 2.29. The monoisotopic (exact) mass is 279 g/mol. The first-order valence-electron chi connectivity index (χ1n) is 6.30. The van der Waals surface area contributed by atoms with Gasteiger partial charge in [-0.1, -0.05) is 18.2 Å². The van der Waals surface area contributed by atoms with Crippen molar-refractivity contribution in [3.63, 3.8) is 0 Å². The van der Waals surface area contributed by atoms with Gasteiger partial charge in [0.1, 0.15) is 5.52 Å². The first-order chi connectivity index (χ1) is 10.2. The van der Waals surface area contributed by atoms with Crippen molar-refractivity contribution in [1.29, 1.82) is 0 Å². The van der Waals surface area contributed by atoms with E-state index < -0.39 is 5.97 Å². The fourth-order valence-electron chi connectivity index (χ4n) is 2.29. The van der Waals surface area contributed by atoms with Gasteiger partial charge in [0.2, 0.25) is 5.89 Å². The molecule has 0 spiro atoms. The summed E-state index contributed by atoms with van der Waals surface area (Å²) in [5, 5.41) is 17.0. The maximum Gasteiger partial charge on any atom is 0.335 e. The highest BCUT2D eigenvalue weighted by molar-refractivity contribution is 5.94. The summed E-state index contributed by atoms with van der Waals surface area (Å²) in [4.78, 5) is 15.3. The number of carboxylic acids is 1. The summed E-state index contributed by atoms with van der Waals surface area (Å²) in [6.45, 7) is 0. The molecule has 0 atom stereocenters. The number of carbonyl (C=O) groups is 1. The van der Waals surface area contributed by atoms with Crippen LogP contribution in [-0.2, 0) is 0 Å². The quantitative estimate of drug-likeness (QED) is 0.588. The van der Waals surface area contributed by atoms with Crippen molar-refractivity contribution in [2.24, 2.45) is 0 Å². The predicted molar refractivity (Wildman–Crippen MR) is 76.1 cm³/mol. The zero-order chi connectivity index (χ0) is 14.4. The molecule has 4 rings (SSSR count). The highest BCUT2D eigenvalue weighted by Gasteiger charge is 2.15. The van der Waals surface area contributed by atoms with E-state index in [4.69, 9.17) is 9.52 Å². The van der Waals surface area contributed by atoms with Gasteiger partial charge in [-0.2, -0.15) is 5.10 Å². The minimum Gasteiger partial charge on any atom is -0.478 e. The molecule has 0 amide bonds. The van der Waals surface area contributed by atoms with Crippen LogP contribution in [-0.4, -0.2) is 26.3 Å². The van der Waals surface area contributed by atoms with Gasteiger partial charge in [0.25, 0.3) is 0 Å². The number of aromatic carboxylic acids is 1. The van der Waals surface area contributed by atoms with E-state index in [1.165, 1.54) is 12.1 Å². The molecule has 21 heavy (non-hydrogen) atoms. The van der Waals surface area contributed by atoms with Gasteiger partial charge in [0.15, 0.2) is 11.3 Å². The van der Waals surface area contributed by atoms with Crippen LogP contribution in [0.4, 0.5) is 0 Å². The molecule has 2 aromatic heterocycles. The molecule has 0 unspecified atom stereocenters. The van der Waals surface area contributed by atoms with Gasteiger partial charge < -0.3 is 9.52 Å². The molecule has 0 bridgehead atoms. The smallest absolute Gasteiger partial charge is 0.335 e. The Labute approximate surface area is 118 Å². The van der Waals surface area contributed by atoms with E-state index in [9.17, 15) is 4.79 Å². The van der Waals surface area contributed by atoms with Crippen molar-refractivity contribution in [3.8, 4) is 11.6 Å². The molecule has 6 nitrogen and oxygen atoms in total. The van der Waals surface area contributed by atoms with Crippen LogP contribution >= 0.6 is 0 Å². The van der Waals surface area contributed by atoms with Crippen molar-refractivity contribution < 1.29 is 14.3 Å². The average molecular weight is 279 g/mol. The van der Waals surface area contributed by atoms with Crippen LogP contribution in [0.25, 0.3) is 33.6 Å². The van der Waals surface area contributed by atoms with E-state index in [-0.39, 0.29) is 5.56 Å². The van der Waals surface area contributed by atoms with Crippen LogP contribution in [0.3, 0.4) is 0 Å². The molecular formula is C15H9N3O3. The lowest BCUT2D eigenvalue weighted by atomic mass is 10.2. The largest absolute Gasteiger partial charge is 0.478 e. The van der Waals surface area contributed by atoms with Crippen LogP contribution in [0.1, 0.15) is 10.4 Å². The third-order valence-corrected chi connectivity index (χ3v) is 3.31. The Morgan fingerprint density at radius 1 is 1.19 bits per heavy atom. The Kier molecular flexibility index (Phi) is 2.32. The number of rotatable bonds is 2. The number of aromatic nitrogens is 3. The van der Waals surface area contributed by atoms with Gasteiger partial charge in [-0.3, -0.25) is 5.10 Å². The molecule has 0 aliphatic carbocycles. The van der Waals surface area contributed by atoms with E-state index in [1.807, 2.05) is 24.3 Å². The van der Waals surface area contributed by atoms with Crippen LogP contribution in [0.2, 0.25) is 0 Å². The Morgan fingerprint density at radius 3 is 2.90 bits per heavy atom. The maximum absolute atomic E-state index is 11.0. The summed E-state index contributed by atoms with van der Waals surface area (Å²) >= 11 is 0. The maximum atomic E-state index is 11.0. The van der Waals surface area contributed by atoms with Crippen LogP contribution in [0.15, 0.2) is 46.9 Å². The third-order valence-electron chi connectivity index (χ3n) is 3.31. The summed E-state index contributed by atoms with van der Waals surface area (Å²) < 4.78 is 5.65. The zero-order valence-corrected chi connectivity index (χ0v) is 10.7. The van der Waals surface area contributed by atoms with Gasteiger partial charge in [-0.25, -0.2) is 9.78 Å². The second kappa shape index (κ2) is 4.17. The number of hydrogen-bond donors (Lipinski definition) is 2. The third kappa shape index (κ3) is 1.77. The molecule has 0 radical (unpaired) electrons. The molecule has 0 saturated heterocycles. The highest BCUT2D eigenvalue weighted by Crippen LogP contribution is 2.28. The fraction of sp³-hybridized carbons (Fsp3) is 0. The minimum atomic E-state index is -1.000. The summed E-state index contributed by atoms with van der Waals surface area (Å²) in [6, 6.07) is 12.2. The Morgan fingerprint density at radius 2 is 2.05 bits per heavy atom. The predicted octanol–water partition coefficient (Wildman–Crippen LogP) is 3.07. The van der Waals surface area contributed by atoms with E-state index >= 15 is 0 Å². The normalized spacial score (nSPS) is 11.2. The highest BCUT2D eigenvalue weighted by atomic mass is 16.4. The molecule has 2 N–H and O–H groups in total. The zero-order valence-electron chi connectivity index (χ0n) is 10.7. The molecule has 2 heterocycles. The van der Waals surface area contributed by atoms with E-state index in [2.05, 4.69) is 15.2 Å². The molecule has 4 aromatic rings. The Bertz CT molecular complexity index is 984. The summed E-state index contributed by atoms with van der Waals surface area (Å²) in [5.74, 6) is -0.634. The van der Waals surface area contributed by atoms with E-state index in [0.29, 0.717) is 22.7 Å². The number of benzene rings is 2. The number of H-pyrrole nitrogens is 1. The number of para-hydroxylation sites is 1. The number of aromatic amines is 1. The lowest BCUT2D eigenvalue weighted by molar-refractivity contribution is 0.0697. The number of oxazole rings is 1. The van der Waals surface area contributed by atoms with Crippen LogP contribution in [0.5, 0.6) is 0 Å². The van der Waals surface area contributed by atoms with Gasteiger partial charge in [-0.15, -0.1) is 0 Å². The molecule has 6 heteroatoms. The lowest BCUT2D eigenvalue weighted by Crippen LogP contribution is -1.94. The molecule has 0 saturated carbocycles. The summed E-state index contributed by atoms with van der Waals surface area (Å²) in [7, 11) is 0. The Hall–Kier alpha value is -3.15. The second-order valence-corrected chi connectivity index (χ2v) is 4.62. The van der Waals surface area contributed by atoms with Gasteiger partial charge >= 0.3 is 5.97 Å². The molecule has 2 aromatic carbocycles. The number of fused-ring (bicyclic) bond motifs is 2. The molecule has 0 aliphatic rings. The van der Waals surface area contributed by atoms with Crippen molar-refractivity contribution in [2.45, 2.75) is 0 Å². The first kappa shape index (κ1) is 11.7. The summed E-state index contributed by atoms with van der Waals surface area (Å²) in [6.07, 6.45) is 0. The second-order valence-electron chi connectivity index (χ2n) is 4.62. The van der Waals surface area contributed by atoms with Crippen molar-refractivity contribution in [2.75, 3.05) is 0 Å². The number of nitrogens with one attached hydrogen (secondary N) is 1. The van der Waals surface area contributed by atoms with Crippen molar-refractivity contribution in [1.82, 2.24) is 15.2 Å². The number of carboxylic acid groups (broad SMARTS) is 1. The lowest BCUT2D eigenvalue weighted by Gasteiger charge is -1.91. The van der Waals surface area contributed by atoms with Crippen LogP contribution < -0.4 is 0 Å². The van der Waals surface area contributed by atoms with Crippen molar-refractivity contribution >= 4 is 28.0 Å². The van der Waals surface area contributed by atoms with Gasteiger partial charge in [0, 0.05) is 5.39 Å². The molecule has 0 fully saturated rings. The SMILES string of the molecule is O=C(O)c1ccc2nc(-c3n[nH]c4ccccc34)oc2c1.